The van der Waals surface area contributed by atoms with Gasteiger partial charge >= 0.3 is 0 Å². The molecule has 0 unspecified atom stereocenters. The summed E-state index contributed by atoms with van der Waals surface area (Å²) in [6, 6.07) is 12.9. The lowest BCUT2D eigenvalue weighted by Crippen LogP contribution is -2.33. The average Bonchev–Trinajstić information content (AvgIpc) is 3.28. The van der Waals surface area contributed by atoms with Crippen molar-refractivity contribution >= 4 is 29.3 Å². The van der Waals surface area contributed by atoms with Crippen molar-refractivity contribution in [2.24, 2.45) is 0 Å². The van der Waals surface area contributed by atoms with Crippen LogP contribution < -0.4 is 20.1 Å². The van der Waals surface area contributed by atoms with E-state index >= 15 is 0 Å². The molecule has 1 atom stereocenters. The molecule has 0 fully saturated rings. The summed E-state index contributed by atoms with van der Waals surface area (Å²) >= 11 is 1.18. The van der Waals surface area contributed by atoms with Gasteiger partial charge in [-0.05, 0) is 36.4 Å². The summed E-state index contributed by atoms with van der Waals surface area (Å²) in [5.41, 5.74) is 0.970. The normalized spacial score (nSPS) is 11.4. The van der Waals surface area contributed by atoms with Crippen molar-refractivity contribution in [2.75, 3.05) is 31.9 Å². The van der Waals surface area contributed by atoms with Crippen LogP contribution in [-0.4, -0.2) is 58.3 Å². The molecule has 184 valence electrons. The van der Waals surface area contributed by atoms with E-state index in [1.54, 1.807) is 60.2 Å². The second-order valence-electron chi connectivity index (χ2n) is 7.21. The number of anilines is 1. The van der Waals surface area contributed by atoms with Gasteiger partial charge in [0.1, 0.15) is 17.5 Å². The Morgan fingerprint density at radius 3 is 2.54 bits per heavy atom. The topological polar surface area (TPSA) is 128 Å². The van der Waals surface area contributed by atoms with Gasteiger partial charge in [0.2, 0.25) is 5.91 Å². The first kappa shape index (κ1) is 25.8. The van der Waals surface area contributed by atoms with Gasteiger partial charge in [-0.1, -0.05) is 30.0 Å². The highest BCUT2D eigenvalue weighted by Crippen LogP contribution is 2.25. The number of benzene rings is 2. The van der Waals surface area contributed by atoms with E-state index in [-0.39, 0.29) is 17.6 Å². The highest BCUT2D eigenvalue weighted by atomic mass is 32.2. The number of allylic oxidation sites excluding steroid dienone is 1. The van der Waals surface area contributed by atoms with Crippen LogP contribution in [-0.2, 0) is 11.3 Å². The van der Waals surface area contributed by atoms with Crippen LogP contribution in [0.3, 0.4) is 0 Å². The van der Waals surface area contributed by atoms with E-state index in [1.165, 1.54) is 18.9 Å². The molecule has 1 aromatic heterocycles. The van der Waals surface area contributed by atoms with Crippen LogP contribution in [0.5, 0.6) is 11.5 Å². The van der Waals surface area contributed by atoms with Crippen molar-refractivity contribution in [3.8, 4) is 11.5 Å². The molecule has 0 saturated carbocycles. The van der Waals surface area contributed by atoms with E-state index < -0.39 is 12.6 Å². The predicted molar refractivity (Wildman–Crippen MR) is 133 cm³/mol. The number of amides is 2. The van der Waals surface area contributed by atoms with Gasteiger partial charge in [-0.15, -0.1) is 16.8 Å². The number of nitrogens with zero attached hydrogens (tertiary/aromatic N) is 3. The molecule has 3 rings (SSSR count). The maximum atomic E-state index is 12.7. The SMILES string of the molecule is C=CCn1c(SCC(=O)Nc2ccccc2OC)nnc1[C@H](CO)NC(=O)c1ccc(OC)cc1. The lowest BCUT2D eigenvalue weighted by molar-refractivity contribution is -0.113. The maximum absolute atomic E-state index is 12.7. The van der Waals surface area contributed by atoms with Crippen molar-refractivity contribution in [1.82, 2.24) is 20.1 Å². The minimum atomic E-state index is -0.811. The highest BCUT2D eigenvalue weighted by molar-refractivity contribution is 7.99. The largest absolute Gasteiger partial charge is 0.497 e. The Morgan fingerprint density at radius 2 is 1.89 bits per heavy atom. The van der Waals surface area contributed by atoms with Crippen molar-refractivity contribution in [1.29, 1.82) is 0 Å². The van der Waals surface area contributed by atoms with E-state index in [9.17, 15) is 14.7 Å². The smallest absolute Gasteiger partial charge is 0.251 e. The second kappa shape index (κ2) is 12.6. The maximum Gasteiger partial charge on any atom is 0.251 e. The van der Waals surface area contributed by atoms with Crippen LogP contribution in [0.1, 0.15) is 22.2 Å². The van der Waals surface area contributed by atoms with E-state index in [0.29, 0.717) is 40.3 Å². The molecule has 0 spiro atoms. The van der Waals surface area contributed by atoms with Crippen LogP contribution in [0.25, 0.3) is 0 Å². The minimum absolute atomic E-state index is 0.0648. The Hall–Kier alpha value is -3.83. The summed E-state index contributed by atoms with van der Waals surface area (Å²) in [6.07, 6.45) is 1.64. The number of aromatic nitrogens is 3. The van der Waals surface area contributed by atoms with Crippen LogP contribution >= 0.6 is 11.8 Å². The molecule has 11 heteroatoms. The molecule has 3 aromatic rings. The van der Waals surface area contributed by atoms with Gasteiger partial charge in [0.05, 0.1) is 32.3 Å². The fraction of sp³-hybridized carbons (Fsp3) is 0.250. The number of nitrogens with one attached hydrogen (secondary N) is 2. The fourth-order valence-electron chi connectivity index (χ4n) is 3.21. The van der Waals surface area contributed by atoms with Gasteiger partial charge in [0.25, 0.3) is 5.91 Å². The highest BCUT2D eigenvalue weighted by Gasteiger charge is 2.23. The Balaban J connectivity index is 1.70. The van der Waals surface area contributed by atoms with E-state index in [2.05, 4.69) is 27.4 Å². The molecule has 0 bridgehead atoms. The van der Waals surface area contributed by atoms with Gasteiger partial charge in [0.15, 0.2) is 11.0 Å². The number of methoxy groups -OCH3 is 2. The van der Waals surface area contributed by atoms with Gasteiger partial charge in [-0.3, -0.25) is 9.59 Å². The number of aliphatic hydroxyl groups is 1. The number of hydrogen-bond acceptors (Lipinski definition) is 8. The predicted octanol–water partition coefficient (Wildman–Crippen LogP) is 2.68. The van der Waals surface area contributed by atoms with E-state index in [1.807, 2.05) is 6.07 Å². The summed E-state index contributed by atoms with van der Waals surface area (Å²) in [4.78, 5) is 25.2. The molecule has 35 heavy (non-hydrogen) atoms. The molecular formula is C24H27N5O5S. The number of para-hydroxylation sites is 2. The Bertz CT molecular complexity index is 1170. The molecule has 10 nitrogen and oxygen atoms in total. The van der Waals surface area contributed by atoms with Crippen LogP contribution in [0.15, 0.2) is 66.3 Å². The number of carbonyl (C=O) groups is 2. The van der Waals surface area contributed by atoms with Gasteiger partial charge in [-0.2, -0.15) is 0 Å². The number of rotatable bonds is 12. The quantitative estimate of drug-likeness (QED) is 0.257. The third kappa shape index (κ3) is 6.61. The first-order valence-corrected chi connectivity index (χ1v) is 11.6. The monoisotopic (exact) mass is 497 g/mol. The minimum Gasteiger partial charge on any atom is -0.497 e. The Morgan fingerprint density at radius 1 is 1.14 bits per heavy atom. The zero-order valence-corrected chi connectivity index (χ0v) is 20.2. The molecule has 0 radical (unpaired) electrons. The van der Waals surface area contributed by atoms with Gasteiger partial charge in [-0.25, -0.2) is 0 Å². The molecule has 0 aliphatic heterocycles. The molecule has 1 heterocycles. The molecule has 3 N–H and O–H groups in total. The van der Waals surface area contributed by atoms with E-state index in [0.717, 1.165) is 0 Å². The average molecular weight is 498 g/mol. The summed E-state index contributed by atoms with van der Waals surface area (Å²) in [5.74, 6) is 0.964. The number of thioether (sulfide) groups is 1. The van der Waals surface area contributed by atoms with Crippen LogP contribution in [0, 0.1) is 0 Å². The first-order valence-electron chi connectivity index (χ1n) is 10.7. The zero-order chi connectivity index (χ0) is 25.2. The second-order valence-corrected chi connectivity index (χ2v) is 8.16. The van der Waals surface area contributed by atoms with Crippen molar-refractivity contribution in [2.45, 2.75) is 17.7 Å². The number of aliphatic hydroxyl groups excluding tert-OH is 1. The van der Waals surface area contributed by atoms with Crippen molar-refractivity contribution in [3.05, 3.63) is 72.6 Å². The van der Waals surface area contributed by atoms with E-state index in [4.69, 9.17) is 9.47 Å². The van der Waals surface area contributed by atoms with Crippen molar-refractivity contribution < 1.29 is 24.2 Å². The Labute approximate surface area is 207 Å². The molecule has 0 aliphatic carbocycles. The van der Waals surface area contributed by atoms with Crippen molar-refractivity contribution in [3.63, 3.8) is 0 Å². The lowest BCUT2D eigenvalue weighted by Gasteiger charge is -2.17. The summed E-state index contributed by atoms with van der Waals surface area (Å²) in [7, 11) is 3.07. The Kier molecular flexibility index (Phi) is 9.27. The summed E-state index contributed by atoms with van der Waals surface area (Å²) in [5, 5.41) is 24.3. The summed E-state index contributed by atoms with van der Waals surface area (Å²) in [6.45, 7) is 3.69. The standard InChI is InChI=1S/C24H27N5O5S/c1-4-13-29-22(19(14-30)26-23(32)16-9-11-17(33-2)12-10-16)27-28-24(29)35-15-21(31)25-18-7-5-6-8-20(18)34-3/h4-12,19,30H,1,13-15H2,2-3H3,(H,25,31)(H,26,32)/t19-/m0/s1. The number of carbonyl (C=O) groups excluding carboxylic acids is 2. The zero-order valence-electron chi connectivity index (χ0n) is 19.4. The number of ether oxygens (including phenoxy) is 2. The first-order chi connectivity index (χ1) is 17.0. The lowest BCUT2D eigenvalue weighted by atomic mass is 10.2. The molecule has 0 aliphatic rings. The summed E-state index contributed by atoms with van der Waals surface area (Å²) < 4.78 is 12.1. The number of hydrogen-bond donors (Lipinski definition) is 3. The molecule has 2 aromatic carbocycles. The molecule has 2 amide bonds. The molecule has 0 saturated heterocycles. The third-order valence-corrected chi connectivity index (χ3v) is 5.89. The molecular weight excluding hydrogens is 470 g/mol. The third-order valence-electron chi connectivity index (χ3n) is 4.92. The van der Waals surface area contributed by atoms with Gasteiger partial charge in [0, 0.05) is 12.1 Å². The van der Waals surface area contributed by atoms with Crippen LogP contribution in [0.4, 0.5) is 5.69 Å². The van der Waals surface area contributed by atoms with Crippen LogP contribution in [0.2, 0.25) is 0 Å². The van der Waals surface area contributed by atoms with Gasteiger partial charge < -0.3 is 29.8 Å². The fourth-order valence-corrected chi connectivity index (χ4v) is 3.96.